The number of morpholine rings is 1. The molecule has 0 aromatic heterocycles. The third-order valence-electron chi connectivity index (χ3n) is 2.58. The summed E-state index contributed by atoms with van der Waals surface area (Å²) in [5, 5.41) is 3.29. The summed E-state index contributed by atoms with van der Waals surface area (Å²) in [6, 6.07) is 0.397. The Balaban J connectivity index is 2.03. The Morgan fingerprint density at radius 1 is 1.50 bits per heavy atom. The van der Waals surface area contributed by atoms with Gasteiger partial charge in [0, 0.05) is 25.7 Å². The molecule has 68 valence electrons. The van der Waals surface area contributed by atoms with Gasteiger partial charge in [-0.25, -0.2) is 0 Å². The number of carbonyl (C=O) groups excluding carboxylic acids is 1. The normalized spacial score (nSPS) is 37.3. The third-order valence-corrected chi connectivity index (χ3v) is 2.58. The van der Waals surface area contributed by atoms with E-state index in [0.717, 1.165) is 32.5 Å². The maximum Gasteiger partial charge on any atom is 0.139 e. The van der Waals surface area contributed by atoms with Crippen molar-refractivity contribution in [2.75, 3.05) is 32.8 Å². The maximum absolute atomic E-state index is 10.7. The first-order valence-electron chi connectivity index (χ1n) is 4.41. The smallest absolute Gasteiger partial charge is 0.139 e. The lowest BCUT2D eigenvalue weighted by Gasteiger charge is -2.42. The molecule has 0 aliphatic carbocycles. The highest BCUT2D eigenvalue weighted by atomic mass is 16.5. The van der Waals surface area contributed by atoms with E-state index in [1.807, 2.05) is 0 Å². The summed E-state index contributed by atoms with van der Waals surface area (Å²) in [7, 11) is 0. The van der Waals surface area contributed by atoms with Gasteiger partial charge in [0.15, 0.2) is 0 Å². The summed E-state index contributed by atoms with van der Waals surface area (Å²) < 4.78 is 5.33. The van der Waals surface area contributed by atoms with Crippen LogP contribution >= 0.6 is 0 Å². The summed E-state index contributed by atoms with van der Waals surface area (Å²) in [4.78, 5) is 12.9. The first kappa shape index (κ1) is 8.16. The van der Waals surface area contributed by atoms with Gasteiger partial charge in [-0.05, 0) is 0 Å². The van der Waals surface area contributed by atoms with Crippen molar-refractivity contribution >= 4 is 6.29 Å². The van der Waals surface area contributed by atoms with Gasteiger partial charge >= 0.3 is 0 Å². The van der Waals surface area contributed by atoms with Gasteiger partial charge in [-0.2, -0.15) is 0 Å². The van der Waals surface area contributed by atoms with Crippen LogP contribution in [-0.2, 0) is 9.53 Å². The number of hydrogen-bond donors (Lipinski definition) is 1. The van der Waals surface area contributed by atoms with Crippen LogP contribution in [0.15, 0.2) is 0 Å². The number of ether oxygens (including phenoxy) is 1. The topological polar surface area (TPSA) is 41.6 Å². The molecule has 0 aromatic rings. The van der Waals surface area contributed by atoms with Crippen molar-refractivity contribution in [2.45, 2.75) is 12.1 Å². The van der Waals surface area contributed by atoms with E-state index in [2.05, 4.69) is 10.2 Å². The van der Waals surface area contributed by atoms with Crippen LogP contribution in [0, 0.1) is 0 Å². The predicted molar refractivity (Wildman–Crippen MR) is 44.0 cm³/mol. The zero-order valence-corrected chi connectivity index (χ0v) is 7.03. The lowest BCUT2D eigenvalue weighted by molar-refractivity contribution is -0.123. The second-order valence-corrected chi connectivity index (χ2v) is 3.34. The highest BCUT2D eigenvalue weighted by Gasteiger charge is 2.32. The Morgan fingerprint density at radius 2 is 2.42 bits per heavy atom. The molecular weight excluding hydrogens is 156 g/mol. The minimum absolute atomic E-state index is 0.00847. The number of carbonyl (C=O) groups is 1. The molecule has 12 heavy (non-hydrogen) atoms. The number of nitrogens with one attached hydrogen (secondary N) is 1. The van der Waals surface area contributed by atoms with E-state index < -0.39 is 0 Å². The zero-order chi connectivity index (χ0) is 8.39. The van der Waals surface area contributed by atoms with Gasteiger partial charge in [-0.1, -0.05) is 0 Å². The monoisotopic (exact) mass is 170 g/mol. The Kier molecular flexibility index (Phi) is 2.39. The van der Waals surface area contributed by atoms with Crippen molar-refractivity contribution in [1.29, 1.82) is 0 Å². The summed E-state index contributed by atoms with van der Waals surface area (Å²) >= 11 is 0. The Hall–Kier alpha value is -0.450. The largest absolute Gasteiger partial charge is 0.378 e. The fourth-order valence-electron chi connectivity index (χ4n) is 1.91. The van der Waals surface area contributed by atoms with Gasteiger partial charge < -0.3 is 14.8 Å². The average molecular weight is 170 g/mol. The fourth-order valence-corrected chi connectivity index (χ4v) is 1.91. The van der Waals surface area contributed by atoms with Crippen LogP contribution in [0.25, 0.3) is 0 Å². The van der Waals surface area contributed by atoms with Gasteiger partial charge in [0.05, 0.1) is 19.3 Å². The minimum Gasteiger partial charge on any atom is -0.378 e. The lowest BCUT2D eigenvalue weighted by atomic mass is 10.1. The quantitative estimate of drug-likeness (QED) is 0.505. The minimum atomic E-state index is -0.00847. The number of aldehydes is 1. The van der Waals surface area contributed by atoms with Crippen molar-refractivity contribution in [1.82, 2.24) is 10.2 Å². The molecule has 0 spiro atoms. The SMILES string of the molecule is O=CC1COC[C@@H]2CNCCN12. The molecule has 2 aliphatic rings. The second kappa shape index (κ2) is 3.51. The first-order chi connectivity index (χ1) is 5.92. The molecule has 0 amide bonds. The maximum atomic E-state index is 10.7. The van der Waals surface area contributed by atoms with Gasteiger partial charge in [-0.3, -0.25) is 4.90 Å². The highest BCUT2D eigenvalue weighted by Crippen LogP contribution is 2.13. The van der Waals surface area contributed by atoms with E-state index in [9.17, 15) is 4.79 Å². The summed E-state index contributed by atoms with van der Waals surface area (Å²) in [6.45, 7) is 4.24. The Bertz CT molecular complexity index is 172. The van der Waals surface area contributed by atoms with E-state index in [1.54, 1.807) is 0 Å². The van der Waals surface area contributed by atoms with E-state index >= 15 is 0 Å². The number of hydrogen-bond acceptors (Lipinski definition) is 4. The van der Waals surface area contributed by atoms with Crippen LogP contribution in [0.2, 0.25) is 0 Å². The van der Waals surface area contributed by atoms with Crippen molar-refractivity contribution in [3.63, 3.8) is 0 Å². The van der Waals surface area contributed by atoms with E-state index in [-0.39, 0.29) is 6.04 Å². The van der Waals surface area contributed by atoms with Gasteiger partial charge in [0.25, 0.3) is 0 Å². The molecule has 2 fully saturated rings. The molecule has 1 unspecified atom stereocenters. The number of nitrogens with zero attached hydrogens (tertiary/aromatic N) is 1. The molecule has 2 atom stereocenters. The Labute approximate surface area is 71.9 Å². The first-order valence-corrected chi connectivity index (χ1v) is 4.41. The van der Waals surface area contributed by atoms with Crippen molar-refractivity contribution in [2.24, 2.45) is 0 Å². The summed E-state index contributed by atoms with van der Waals surface area (Å²) in [6.07, 6.45) is 0.998. The molecule has 1 N–H and O–H groups in total. The highest BCUT2D eigenvalue weighted by molar-refractivity contribution is 5.58. The molecule has 2 heterocycles. The fraction of sp³-hybridized carbons (Fsp3) is 0.875. The van der Waals surface area contributed by atoms with Gasteiger partial charge in [0.1, 0.15) is 6.29 Å². The van der Waals surface area contributed by atoms with Crippen molar-refractivity contribution in [3.8, 4) is 0 Å². The standard InChI is InChI=1S/C8H14N2O2/c11-4-8-6-12-5-7-3-9-1-2-10(7)8/h4,7-9H,1-3,5-6H2/t7-,8?/m0/s1. The molecule has 4 heteroatoms. The van der Waals surface area contributed by atoms with E-state index in [4.69, 9.17) is 4.74 Å². The van der Waals surface area contributed by atoms with E-state index in [0.29, 0.717) is 12.6 Å². The van der Waals surface area contributed by atoms with Crippen LogP contribution in [0.5, 0.6) is 0 Å². The molecule has 0 aromatic carbocycles. The summed E-state index contributed by atoms with van der Waals surface area (Å²) in [5.74, 6) is 0. The van der Waals surface area contributed by atoms with Crippen LogP contribution in [0.1, 0.15) is 0 Å². The van der Waals surface area contributed by atoms with Gasteiger partial charge in [-0.15, -0.1) is 0 Å². The zero-order valence-electron chi connectivity index (χ0n) is 7.03. The number of rotatable bonds is 1. The van der Waals surface area contributed by atoms with Crippen LogP contribution in [0.3, 0.4) is 0 Å². The van der Waals surface area contributed by atoms with Crippen molar-refractivity contribution in [3.05, 3.63) is 0 Å². The number of fused-ring (bicyclic) bond motifs is 1. The lowest BCUT2D eigenvalue weighted by Crippen LogP contribution is -2.61. The molecule has 0 saturated carbocycles. The molecule has 2 rings (SSSR count). The van der Waals surface area contributed by atoms with Crippen LogP contribution in [-0.4, -0.2) is 56.1 Å². The molecule has 4 nitrogen and oxygen atoms in total. The molecule has 2 aliphatic heterocycles. The van der Waals surface area contributed by atoms with Crippen LogP contribution in [0.4, 0.5) is 0 Å². The molecule has 2 saturated heterocycles. The molecule has 0 radical (unpaired) electrons. The summed E-state index contributed by atoms with van der Waals surface area (Å²) in [5.41, 5.74) is 0. The van der Waals surface area contributed by atoms with Crippen LogP contribution < -0.4 is 5.32 Å². The van der Waals surface area contributed by atoms with Gasteiger partial charge in [0.2, 0.25) is 0 Å². The van der Waals surface area contributed by atoms with Crippen molar-refractivity contribution < 1.29 is 9.53 Å². The molecule has 0 bridgehead atoms. The Morgan fingerprint density at radius 3 is 3.25 bits per heavy atom. The second-order valence-electron chi connectivity index (χ2n) is 3.34. The van der Waals surface area contributed by atoms with E-state index in [1.165, 1.54) is 0 Å². The molecular formula is C8H14N2O2. The predicted octanol–water partition coefficient (Wildman–Crippen LogP) is -1.14. The third kappa shape index (κ3) is 1.37. The average Bonchev–Trinajstić information content (AvgIpc) is 2.17. The number of piperazine rings is 1.